The van der Waals surface area contributed by atoms with Gasteiger partial charge >= 0.3 is 0 Å². The molecule has 0 aliphatic heterocycles. The minimum atomic E-state index is -3.70. The summed E-state index contributed by atoms with van der Waals surface area (Å²) in [7, 11) is -3.70. The van der Waals surface area contributed by atoms with Crippen LogP contribution in [0.4, 0.5) is 0 Å². The van der Waals surface area contributed by atoms with Gasteiger partial charge in [0.2, 0.25) is 10.0 Å². The van der Waals surface area contributed by atoms with Gasteiger partial charge in [-0.25, -0.2) is 13.1 Å². The van der Waals surface area contributed by atoms with Gasteiger partial charge in [0.1, 0.15) is 0 Å². The highest BCUT2D eigenvalue weighted by Crippen LogP contribution is 2.22. The van der Waals surface area contributed by atoms with Crippen LogP contribution in [0.3, 0.4) is 0 Å². The van der Waals surface area contributed by atoms with Crippen molar-refractivity contribution in [2.45, 2.75) is 24.3 Å². The lowest BCUT2D eigenvalue weighted by atomic mass is 10.1. The topological polar surface area (TPSA) is 66.4 Å². The van der Waals surface area contributed by atoms with Crippen LogP contribution in [0, 0.1) is 6.92 Å². The van der Waals surface area contributed by atoms with Crippen LogP contribution in [-0.2, 0) is 16.4 Å². The number of halogens is 1. The molecule has 0 aromatic heterocycles. The quantitative estimate of drug-likeness (QED) is 0.850. The highest BCUT2D eigenvalue weighted by molar-refractivity contribution is 7.89. The molecule has 2 aromatic carbocycles. The average Bonchev–Trinajstić information content (AvgIpc) is 2.49. The Kier molecular flexibility index (Phi) is 5.58. The Balaban J connectivity index is 2.02. The molecule has 1 unspecified atom stereocenters. The molecule has 0 spiro atoms. The zero-order valence-corrected chi connectivity index (χ0v) is 13.7. The third-order valence-electron chi connectivity index (χ3n) is 3.33. The first-order chi connectivity index (χ1) is 10.4. The van der Waals surface area contributed by atoms with E-state index < -0.39 is 16.1 Å². The summed E-state index contributed by atoms with van der Waals surface area (Å²) in [5, 5.41) is 10.4. The van der Waals surface area contributed by atoms with Gasteiger partial charge in [-0.1, -0.05) is 48.0 Å². The number of aliphatic hydroxyl groups is 1. The second-order valence-electron chi connectivity index (χ2n) is 5.06. The van der Waals surface area contributed by atoms with Gasteiger partial charge in [-0.2, -0.15) is 0 Å². The monoisotopic (exact) mass is 339 g/mol. The fourth-order valence-electron chi connectivity index (χ4n) is 2.12. The van der Waals surface area contributed by atoms with Crippen LogP contribution in [-0.4, -0.2) is 26.2 Å². The molecule has 4 nitrogen and oxygen atoms in total. The molecule has 0 heterocycles. The standard InChI is InChI=1S/C16H18ClNO3S/c1-12-15(17)8-5-9-16(12)22(20,21)18-11-14(19)10-13-6-3-2-4-7-13/h2-9,14,18-19H,10-11H2,1H3. The van der Waals surface area contributed by atoms with E-state index in [9.17, 15) is 13.5 Å². The van der Waals surface area contributed by atoms with Gasteiger partial charge in [-0.05, 0) is 36.6 Å². The minimum absolute atomic E-state index is 0.0524. The lowest BCUT2D eigenvalue weighted by Crippen LogP contribution is -2.33. The van der Waals surface area contributed by atoms with E-state index in [4.69, 9.17) is 11.6 Å². The largest absolute Gasteiger partial charge is 0.391 e. The lowest BCUT2D eigenvalue weighted by Gasteiger charge is -2.14. The molecule has 0 fully saturated rings. The Morgan fingerprint density at radius 3 is 2.50 bits per heavy atom. The molecular weight excluding hydrogens is 322 g/mol. The Bertz CT molecular complexity index is 732. The summed E-state index contributed by atoms with van der Waals surface area (Å²) in [5.41, 5.74) is 1.45. The Labute approximate surface area is 135 Å². The highest BCUT2D eigenvalue weighted by Gasteiger charge is 2.19. The second-order valence-corrected chi connectivity index (χ2v) is 7.20. The van der Waals surface area contributed by atoms with Crippen molar-refractivity contribution in [1.29, 1.82) is 0 Å². The van der Waals surface area contributed by atoms with Crippen molar-refractivity contribution >= 4 is 21.6 Å². The molecule has 2 aromatic rings. The summed E-state index contributed by atoms with van der Waals surface area (Å²) < 4.78 is 27.0. The van der Waals surface area contributed by atoms with Crippen molar-refractivity contribution in [2.24, 2.45) is 0 Å². The predicted molar refractivity (Wildman–Crippen MR) is 87.5 cm³/mol. The van der Waals surface area contributed by atoms with Crippen molar-refractivity contribution in [3.05, 3.63) is 64.7 Å². The summed E-state index contributed by atoms with van der Waals surface area (Å²) >= 11 is 5.95. The molecule has 0 saturated heterocycles. The number of hydrogen-bond acceptors (Lipinski definition) is 3. The molecule has 2 N–H and O–H groups in total. The van der Waals surface area contributed by atoms with Gasteiger partial charge in [0, 0.05) is 11.6 Å². The van der Waals surface area contributed by atoms with Gasteiger partial charge < -0.3 is 5.11 Å². The first kappa shape index (κ1) is 17.0. The Morgan fingerprint density at radius 2 is 1.82 bits per heavy atom. The molecule has 118 valence electrons. The molecule has 0 radical (unpaired) electrons. The van der Waals surface area contributed by atoms with E-state index in [0.29, 0.717) is 17.0 Å². The van der Waals surface area contributed by atoms with Crippen LogP contribution in [0.5, 0.6) is 0 Å². The van der Waals surface area contributed by atoms with E-state index >= 15 is 0 Å². The van der Waals surface area contributed by atoms with Crippen LogP contribution in [0.2, 0.25) is 5.02 Å². The van der Waals surface area contributed by atoms with E-state index in [0.717, 1.165) is 5.56 Å². The number of benzene rings is 2. The van der Waals surface area contributed by atoms with E-state index in [2.05, 4.69) is 4.72 Å². The maximum absolute atomic E-state index is 12.3. The first-order valence-corrected chi connectivity index (χ1v) is 8.73. The summed E-state index contributed by atoms with van der Waals surface area (Å²) in [5.74, 6) is 0. The van der Waals surface area contributed by atoms with E-state index in [-0.39, 0.29) is 11.4 Å². The lowest BCUT2D eigenvalue weighted by molar-refractivity contribution is 0.179. The molecule has 1 atom stereocenters. The van der Waals surface area contributed by atoms with E-state index in [1.165, 1.54) is 6.07 Å². The number of aliphatic hydroxyl groups excluding tert-OH is 1. The molecule has 0 saturated carbocycles. The molecule has 0 bridgehead atoms. The molecule has 0 amide bonds. The van der Waals surface area contributed by atoms with E-state index in [1.807, 2.05) is 30.3 Å². The van der Waals surface area contributed by atoms with Crippen LogP contribution in [0.25, 0.3) is 0 Å². The number of nitrogens with one attached hydrogen (secondary N) is 1. The maximum atomic E-state index is 12.3. The molecule has 2 rings (SSSR count). The van der Waals surface area contributed by atoms with Crippen molar-refractivity contribution < 1.29 is 13.5 Å². The number of rotatable bonds is 6. The predicted octanol–water partition coefficient (Wildman–Crippen LogP) is 2.53. The second kappa shape index (κ2) is 7.24. The Morgan fingerprint density at radius 1 is 1.14 bits per heavy atom. The average molecular weight is 340 g/mol. The number of hydrogen-bond donors (Lipinski definition) is 2. The highest BCUT2D eigenvalue weighted by atomic mass is 35.5. The maximum Gasteiger partial charge on any atom is 0.240 e. The van der Waals surface area contributed by atoms with Crippen LogP contribution < -0.4 is 4.72 Å². The van der Waals surface area contributed by atoms with Gasteiger partial charge in [0.15, 0.2) is 0 Å². The zero-order chi connectivity index (χ0) is 16.2. The van der Waals surface area contributed by atoms with Gasteiger partial charge in [0.25, 0.3) is 0 Å². The summed E-state index contributed by atoms with van der Waals surface area (Å²) in [4.78, 5) is 0.131. The minimum Gasteiger partial charge on any atom is -0.391 e. The van der Waals surface area contributed by atoms with Crippen molar-refractivity contribution in [2.75, 3.05) is 6.54 Å². The Hall–Kier alpha value is -1.40. The zero-order valence-electron chi connectivity index (χ0n) is 12.2. The summed E-state index contributed by atoms with van der Waals surface area (Å²) in [6, 6.07) is 14.1. The van der Waals surface area contributed by atoms with Gasteiger partial charge in [0.05, 0.1) is 11.0 Å². The first-order valence-electron chi connectivity index (χ1n) is 6.87. The molecule has 0 aliphatic rings. The molecule has 6 heteroatoms. The van der Waals surface area contributed by atoms with Crippen molar-refractivity contribution in [3.63, 3.8) is 0 Å². The van der Waals surface area contributed by atoms with Crippen molar-refractivity contribution in [1.82, 2.24) is 4.72 Å². The van der Waals surface area contributed by atoms with Gasteiger partial charge in [-0.15, -0.1) is 0 Å². The SMILES string of the molecule is Cc1c(Cl)cccc1S(=O)(=O)NCC(O)Cc1ccccc1. The van der Waals surface area contributed by atoms with Crippen LogP contribution in [0.1, 0.15) is 11.1 Å². The molecule has 0 aliphatic carbocycles. The van der Waals surface area contributed by atoms with E-state index in [1.54, 1.807) is 19.1 Å². The van der Waals surface area contributed by atoms with Gasteiger partial charge in [-0.3, -0.25) is 0 Å². The fraction of sp³-hybridized carbons (Fsp3) is 0.250. The normalized spacial score (nSPS) is 13.0. The third-order valence-corrected chi connectivity index (χ3v) is 5.31. The van der Waals surface area contributed by atoms with Crippen molar-refractivity contribution in [3.8, 4) is 0 Å². The fourth-order valence-corrected chi connectivity index (χ4v) is 3.69. The van der Waals surface area contributed by atoms with Crippen LogP contribution >= 0.6 is 11.6 Å². The smallest absolute Gasteiger partial charge is 0.240 e. The van der Waals surface area contributed by atoms with Crippen LogP contribution in [0.15, 0.2) is 53.4 Å². The summed E-state index contributed by atoms with van der Waals surface area (Å²) in [6.45, 7) is 1.60. The third kappa shape index (κ3) is 4.30. The molecule has 22 heavy (non-hydrogen) atoms. The number of sulfonamides is 1. The summed E-state index contributed by atoms with van der Waals surface area (Å²) in [6.07, 6.45) is -0.408. The molecular formula is C16H18ClNO3S.